The Bertz CT molecular complexity index is 1230. The highest BCUT2D eigenvalue weighted by molar-refractivity contribution is 5.47. The SMILES string of the molecule is CC(C)(C)OC(=C1CCC1)C(c1ccccc1C1(C)CC1)N1CC(OCCCCCc2ccc3c(n2)NCCC3)C1. The Morgan fingerprint density at radius 2 is 1.83 bits per heavy atom. The lowest BCUT2D eigenvalue weighted by Gasteiger charge is -2.47. The third kappa shape index (κ3) is 6.83. The Balaban J connectivity index is 1.04. The number of nitrogens with zero attached hydrogens (tertiary/aromatic N) is 2. The molecule has 0 bridgehead atoms. The molecule has 2 saturated carbocycles. The predicted octanol–water partition coefficient (Wildman–Crippen LogP) is 7.90. The highest BCUT2D eigenvalue weighted by Crippen LogP contribution is 2.52. The fraction of sp³-hybridized carbons (Fsp3) is 0.639. The maximum absolute atomic E-state index is 6.82. The summed E-state index contributed by atoms with van der Waals surface area (Å²) in [7, 11) is 0. The number of pyridine rings is 1. The number of benzene rings is 1. The molecule has 222 valence electrons. The summed E-state index contributed by atoms with van der Waals surface area (Å²) >= 11 is 0. The molecule has 0 spiro atoms. The lowest BCUT2D eigenvalue weighted by molar-refractivity contribution is -0.0835. The van der Waals surface area contributed by atoms with Gasteiger partial charge in [-0.15, -0.1) is 0 Å². The van der Waals surface area contributed by atoms with Crippen molar-refractivity contribution in [3.05, 3.63) is 70.1 Å². The lowest BCUT2D eigenvalue weighted by Crippen LogP contribution is -2.54. The third-order valence-electron chi connectivity index (χ3n) is 9.50. The van der Waals surface area contributed by atoms with Gasteiger partial charge in [-0.25, -0.2) is 4.98 Å². The summed E-state index contributed by atoms with van der Waals surface area (Å²) < 4.78 is 13.2. The van der Waals surface area contributed by atoms with Crippen molar-refractivity contribution in [2.45, 2.75) is 121 Å². The van der Waals surface area contributed by atoms with Crippen LogP contribution in [0.3, 0.4) is 0 Å². The van der Waals surface area contributed by atoms with Crippen molar-refractivity contribution in [1.29, 1.82) is 0 Å². The zero-order valence-corrected chi connectivity index (χ0v) is 25.9. The monoisotopic (exact) mass is 557 g/mol. The molecule has 2 aromatic rings. The molecule has 1 aromatic heterocycles. The van der Waals surface area contributed by atoms with Gasteiger partial charge in [0.15, 0.2) is 0 Å². The predicted molar refractivity (Wildman–Crippen MR) is 167 cm³/mol. The van der Waals surface area contributed by atoms with Gasteiger partial charge in [0.25, 0.3) is 0 Å². The molecule has 5 nitrogen and oxygen atoms in total. The topological polar surface area (TPSA) is 46.6 Å². The van der Waals surface area contributed by atoms with Crippen molar-refractivity contribution in [1.82, 2.24) is 9.88 Å². The van der Waals surface area contributed by atoms with Crippen LogP contribution in [0.15, 0.2) is 47.7 Å². The number of unbranched alkanes of at least 4 members (excludes halogenated alkanes) is 2. The molecule has 1 atom stereocenters. The average Bonchev–Trinajstić information content (AvgIpc) is 3.65. The maximum Gasteiger partial charge on any atom is 0.129 e. The van der Waals surface area contributed by atoms with Gasteiger partial charge in [0.2, 0.25) is 0 Å². The summed E-state index contributed by atoms with van der Waals surface area (Å²) in [5.41, 5.74) is 7.20. The first-order chi connectivity index (χ1) is 19.8. The molecule has 2 aliphatic carbocycles. The quantitative estimate of drug-likeness (QED) is 0.212. The van der Waals surface area contributed by atoms with Crippen molar-refractivity contribution in [2.75, 3.05) is 31.6 Å². The molecule has 0 radical (unpaired) electrons. The average molecular weight is 558 g/mol. The van der Waals surface area contributed by atoms with E-state index in [1.807, 2.05) is 0 Å². The summed E-state index contributed by atoms with van der Waals surface area (Å²) in [6.45, 7) is 12.9. The molecule has 3 heterocycles. The summed E-state index contributed by atoms with van der Waals surface area (Å²) in [5, 5.41) is 3.46. The van der Waals surface area contributed by atoms with Gasteiger partial charge < -0.3 is 14.8 Å². The fourth-order valence-corrected chi connectivity index (χ4v) is 6.63. The third-order valence-corrected chi connectivity index (χ3v) is 9.50. The molecule has 3 fully saturated rings. The largest absolute Gasteiger partial charge is 0.491 e. The molecule has 6 rings (SSSR count). The Kier molecular flexibility index (Phi) is 8.47. The van der Waals surface area contributed by atoms with Crippen molar-refractivity contribution in [2.24, 2.45) is 0 Å². The number of anilines is 1. The van der Waals surface area contributed by atoms with Crippen LogP contribution < -0.4 is 5.32 Å². The van der Waals surface area contributed by atoms with Crippen LogP contribution >= 0.6 is 0 Å². The van der Waals surface area contributed by atoms with E-state index in [0.717, 1.165) is 51.3 Å². The van der Waals surface area contributed by atoms with Crippen LogP contribution in [0, 0.1) is 0 Å². The number of likely N-dealkylation sites (tertiary alicyclic amines) is 1. The number of hydrogen-bond acceptors (Lipinski definition) is 5. The second-order valence-electron chi connectivity index (χ2n) is 14.2. The molecule has 0 amide bonds. The number of hydrogen-bond donors (Lipinski definition) is 1. The molecule has 1 unspecified atom stereocenters. The zero-order valence-electron chi connectivity index (χ0n) is 25.9. The van der Waals surface area contributed by atoms with Gasteiger partial charge in [-0.3, -0.25) is 4.90 Å². The number of aromatic nitrogens is 1. The van der Waals surface area contributed by atoms with E-state index in [2.05, 4.69) is 74.3 Å². The molecule has 2 aliphatic heterocycles. The van der Waals surface area contributed by atoms with Gasteiger partial charge in [-0.1, -0.05) is 43.7 Å². The fourth-order valence-electron chi connectivity index (χ4n) is 6.63. The number of nitrogens with one attached hydrogen (secondary N) is 1. The molecular weight excluding hydrogens is 506 g/mol. The maximum atomic E-state index is 6.82. The minimum atomic E-state index is -0.208. The standard InChI is InChI=1S/C36H51N3O2/c1-35(2,3)41-33(26-12-10-13-26)32(30-16-7-8-17-31(30)36(4)20-21-36)39-24-29(25-39)40-23-9-5-6-15-28-19-18-27-14-11-22-37-34(27)38-28/h7-8,16-19,29,32H,5-6,9-15,20-25H2,1-4H3,(H,37,38). The molecule has 1 aromatic carbocycles. The normalized spacial score (nSPS) is 20.8. The first-order valence-electron chi connectivity index (χ1n) is 16.4. The summed E-state index contributed by atoms with van der Waals surface area (Å²) in [4.78, 5) is 7.48. The minimum Gasteiger partial charge on any atom is -0.491 e. The molecule has 4 aliphatic rings. The van der Waals surface area contributed by atoms with Crippen molar-refractivity contribution < 1.29 is 9.47 Å². The molecule has 1 N–H and O–H groups in total. The Morgan fingerprint density at radius 1 is 1.02 bits per heavy atom. The van der Waals surface area contributed by atoms with Crippen molar-refractivity contribution >= 4 is 5.82 Å². The van der Waals surface area contributed by atoms with Crippen LogP contribution in [-0.2, 0) is 27.7 Å². The van der Waals surface area contributed by atoms with Gasteiger partial charge in [-0.2, -0.15) is 0 Å². The Hall–Kier alpha value is -2.37. The van der Waals surface area contributed by atoms with Crippen LogP contribution in [0.2, 0.25) is 0 Å². The van der Waals surface area contributed by atoms with E-state index in [1.165, 1.54) is 85.1 Å². The van der Waals surface area contributed by atoms with Crippen molar-refractivity contribution in [3.8, 4) is 0 Å². The second kappa shape index (κ2) is 12.1. The number of aryl methyl sites for hydroxylation is 2. The first kappa shape index (κ1) is 28.7. The molecular formula is C36H51N3O2. The van der Waals surface area contributed by atoms with Gasteiger partial charge in [0.1, 0.15) is 17.2 Å². The second-order valence-corrected chi connectivity index (χ2v) is 14.2. The number of rotatable bonds is 12. The zero-order chi connectivity index (χ0) is 28.5. The lowest BCUT2D eigenvalue weighted by atomic mass is 9.82. The van der Waals surface area contributed by atoms with E-state index in [4.69, 9.17) is 14.5 Å². The van der Waals surface area contributed by atoms with E-state index >= 15 is 0 Å². The summed E-state index contributed by atoms with van der Waals surface area (Å²) in [6.07, 6.45) is 13.4. The van der Waals surface area contributed by atoms with E-state index in [-0.39, 0.29) is 11.6 Å². The van der Waals surface area contributed by atoms with E-state index in [1.54, 1.807) is 0 Å². The van der Waals surface area contributed by atoms with E-state index < -0.39 is 0 Å². The summed E-state index contributed by atoms with van der Waals surface area (Å²) in [6, 6.07) is 13.9. The van der Waals surface area contributed by atoms with Crippen LogP contribution in [0.25, 0.3) is 0 Å². The summed E-state index contributed by atoms with van der Waals surface area (Å²) in [5.74, 6) is 2.34. The van der Waals surface area contributed by atoms with Gasteiger partial charge in [-0.05, 0) is 119 Å². The Morgan fingerprint density at radius 3 is 2.56 bits per heavy atom. The number of fused-ring (bicyclic) bond motifs is 1. The van der Waals surface area contributed by atoms with Crippen LogP contribution in [0.4, 0.5) is 5.82 Å². The van der Waals surface area contributed by atoms with Gasteiger partial charge in [0.05, 0.1) is 12.1 Å². The minimum absolute atomic E-state index is 0.191. The molecule has 5 heteroatoms. The smallest absolute Gasteiger partial charge is 0.129 e. The van der Waals surface area contributed by atoms with E-state index in [0.29, 0.717) is 11.5 Å². The van der Waals surface area contributed by atoms with E-state index in [9.17, 15) is 0 Å². The number of allylic oxidation sites excluding steroid dienone is 1. The van der Waals surface area contributed by atoms with Crippen molar-refractivity contribution in [3.63, 3.8) is 0 Å². The number of ether oxygens (including phenoxy) is 2. The molecule has 1 saturated heterocycles. The highest BCUT2D eigenvalue weighted by atomic mass is 16.5. The van der Waals surface area contributed by atoms with Crippen LogP contribution in [0.5, 0.6) is 0 Å². The van der Waals surface area contributed by atoms with Gasteiger partial charge in [0, 0.05) is 31.9 Å². The Labute approximate surface area is 248 Å². The van der Waals surface area contributed by atoms with Gasteiger partial charge >= 0.3 is 0 Å². The van der Waals surface area contributed by atoms with Crippen LogP contribution in [-0.4, -0.2) is 47.8 Å². The first-order valence-corrected chi connectivity index (χ1v) is 16.4. The van der Waals surface area contributed by atoms with Crippen LogP contribution in [0.1, 0.15) is 114 Å². The molecule has 41 heavy (non-hydrogen) atoms. The highest BCUT2D eigenvalue weighted by Gasteiger charge is 2.45.